The van der Waals surface area contributed by atoms with Gasteiger partial charge >= 0.3 is 0 Å². The van der Waals surface area contributed by atoms with Crippen molar-refractivity contribution in [1.29, 1.82) is 0 Å². The molecule has 0 saturated heterocycles. The molecule has 126 valence electrons. The number of likely N-dealkylation sites (N-methyl/N-ethyl adjacent to an activating group) is 1. The molecule has 0 heterocycles. The number of hydrogen-bond donors (Lipinski definition) is 0. The topological polar surface area (TPSA) is 3.24 Å². The predicted octanol–water partition coefficient (Wildman–Crippen LogP) is 6.15. The molecule has 1 heteroatoms. The first kappa shape index (κ1) is 20.7. The molecule has 0 aliphatic rings. The van der Waals surface area contributed by atoms with Crippen molar-refractivity contribution >= 4 is 0 Å². The lowest BCUT2D eigenvalue weighted by molar-refractivity contribution is 0.192. The molecule has 0 radical (unpaired) electrons. The Hall–Kier alpha value is -0.300. The SMILES string of the molecule is CCCC(C)CCC(C)N(C)C(/C=C\C(C)C(C)C)CC. The average molecular weight is 296 g/mol. The van der Waals surface area contributed by atoms with Gasteiger partial charge in [-0.15, -0.1) is 0 Å². The number of hydrogen-bond acceptors (Lipinski definition) is 1. The first-order valence-corrected chi connectivity index (χ1v) is 9.23. The van der Waals surface area contributed by atoms with Gasteiger partial charge in [-0.25, -0.2) is 0 Å². The van der Waals surface area contributed by atoms with Crippen LogP contribution in [0.15, 0.2) is 12.2 Å². The fourth-order valence-corrected chi connectivity index (χ4v) is 2.78. The molecule has 4 atom stereocenters. The predicted molar refractivity (Wildman–Crippen MR) is 97.8 cm³/mol. The van der Waals surface area contributed by atoms with Crippen LogP contribution in [0.4, 0.5) is 0 Å². The lowest BCUT2D eigenvalue weighted by Crippen LogP contribution is -2.37. The zero-order chi connectivity index (χ0) is 16.4. The van der Waals surface area contributed by atoms with E-state index in [2.05, 4.69) is 72.6 Å². The highest BCUT2D eigenvalue weighted by Crippen LogP contribution is 2.19. The van der Waals surface area contributed by atoms with Crippen LogP contribution in [0, 0.1) is 17.8 Å². The summed E-state index contributed by atoms with van der Waals surface area (Å²) in [6.45, 7) is 16.3. The third-order valence-electron chi connectivity index (χ3n) is 5.18. The third-order valence-corrected chi connectivity index (χ3v) is 5.18. The molecular weight excluding hydrogens is 254 g/mol. The maximum atomic E-state index is 2.57. The first-order valence-electron chi connectivity index (χ1n) is 9.23. The van der Waals surface area contributed by atoms with E-state index >= 15 is 0 Å². The van der Waals surface area contributed by atoms with Gasteiger partial charge in [0.15, 0.2) is 0 Å². The van der Waals surface area contributed by atoms with E-state index in [0.29, 0.717) is 18.0 Å². The molecule has 0 saturated carbocycles. The van der Waals surface area contributed by atoms with E-state index < -0.39 is 0 Å². The van der Waals surface area contributed by atoms with Crippen LogP contribution in [-0.2, 0) is 0 Å². The summed E-state index contributed by atoms with van der Waals surface area (Å²) in [5.41, 5.74) is 0. The molecule has 21 heavy (non-hydrogen) atoms. The van der Waals surface area contributed by atoms with Gasteiger partial charge in [-0.1, -0.05) is 66.5 Å². The van der Waals surface area contributed by atoms with Gasteiger partial charge in [-0.05, 0) is 51.0 Å². The number of allylic oxidation sites excluding steroid dienone is 1. The van der Waals surface area contributed by atoms with E-state index in [1.807, 2.05) is 0 Å². The van der Waals surface area contributed by atoms with Gasteiger partial charge < -0.3 is 0 Å². The van der Waals surface area contributed by atoms with E-state index in [4.69, 9.17) is 0 Å². The molecule has 0 amide bonds. The standard InChI is InChI=1S/C20H41N/c1-9-11-17(5)12-14-19(7)21(8)20(10-2)15-13-18(6)16(3)4/h13,15-20H,9-12,14H2,1-8H3/b15-13-. The molecule has 1 nitrogen and oxygen atoms in total. The Morgan fingerprint density at radius 2 is 1.48 bits per heavy atom. The van der Waals surface area contributed by atoms with Crippen molar-refractivity contribution in [2.24, 2.45) is 17.8 Å². The summed E-state index contributed by atoms with van der Waals surface area (Å²) >= 11 is 0. The van der Waals surface area contributed by atoms with Gasteiger partial charge in [0.05, 0.1) is 0 Å². The minimum absolute atomic E-state index is 0.586. The summed E-state index contributed by atoms with van der Waals surface area (Å²) < 4.78 is 0. The van der Waals surface area contributed by atoms with Crippen molar-refractivity contribution in [1.82, 2.24) is 4.90 Å². The molecular formula is C20H41N. The van der Waals surface area contributed by atoms with Crippen LogP contribution < -0.4 is 0 Å². The van der Waals surface area contributed by atoms with E-state index in [9.17, 15) is 0 Å². The number of nitrogens with zero attached hydrogens (tertiary/aromatic N) is 1. The summed E-state index contributed by atoms with van der Waals surface area (Å²) in [5, 5.41) is 0. The normalized spacial score (nSPS) is 18.4. The molecule has 0 aromatic heterocycles. The fourth-order valence-electron chi connectivity index (χ4n) is 2.78. The van der Waals surface area contributed by atoms with Gasteiger partial charge in [0.2, 0.25) is 0 Å². The molecule has 0 aliphatic carbocycles. The van der Waals surface area contributed by atoms with Crippen LogP contribution in [-0.4, -0.2) is 24.0 Å². The second-order valence-corrected chi connectivity index (χ2v) is 7.45. The van der Waals surface area contributed by atoms with Gasteiger partial charge in [0.1, 0.15) is 0 Å². The fraction of sp³-hybridized carbons (Fsp3) is 0.900. The molecule has 0 bridgehead atoms. The van der Waals surface area contributed by atoms with Crippen LogP contribution in [0.25, 0.3) is 0 Å². The molecule has 0 aromatic rings. The van der Waals surface area contributed by atoms with Crippen molar-refractivity contribution in [3.63, 3.8) is 0 Å². The smallest absolute Gasteiger partial charge is 0.0275 e. The molecule has 0 fully saturated rings. The van der Waals surface area contributed by atoms with Crippen LogP contribution in [0.2, 0.25) is 0 Å². The molecule has 0 aromatic carbocycles. The van der Waals surface area contributed by atoms with Crippen molar-refractivity contribution < 1.29 is 0 Å². The van der Waals surface area contributed by atoms with E-state index in [0.717, 1.165) is 11.8 Å². The molecule has 0 spiro atoms. The molecule has 0 N–H and O–H groups in total. The van der Waals surface area contributed by atoms with Gasteiger partial charge in [0.25, 0.3) is 0 Å². The second-order valence-electron chi connectivity index (χ2n) is 7.45. The van der Waals surface area contributed by atoms with E-state index in [1.54, 1.807) is 0 Å². The minimum atomic E-state index is 0.586. The Bertz CT molecular complexity index is 269. The van der Waals surface area contributed by atoms with Gasteiger partial charge in [0, 0.05) is 12.1 Å². The van der Waals surface area contributed by atoms with E-state index in [-0.39, 0.29) is 0 Å². The Labute approximate surface area is 135 Å². The lowest BCUT2D eigenvalue weighted by atomic mass is 9.95. The highest BCUT2D eigenvalue weighted by atomic mass is 15.1. The third kappa shape index (κ3) is 8.66. The summed E-state index contributed by atoms with van der Waals surface area (Å²) in [6, 6.07) is 1.26. The molecule has 4 unspecified atom stereocenters. The summed E-state index contributed by atoms with van der Waals surface area (Å²) in [4.78, 5) is 2.57. The quantitative estimate of drug-likeness (QED) is 0.413. The summed E-state index contributed by atoms with van der Waals surface area (Å²) in [6.07, 6.45) is 11.4. The van der Waals surface area contributed by atoms with Crippen molar-refractivity contribution in [2.75, 3.05) is 7.05 Å². The van der Waals surface area contributed by atoms with Crippen molar-refractivity contribution in [3.8, 4) is 0 Å². The zero-order valence-corrected chi connectivity index (χ0v) is 16.0. The number of rotatable bonds is 11. The Kier molecular flexibility index (Phi) is 11.1. The van der Waals surface area contributed by atoms with Crippen LogP contribution in [0.5, 0.6) is 0 Å². The summed E-state index contributed by atoms with van der Waals surface area (Å²) in [7, 11) is 2.30. The highest BCUT2D eigenvalue weighted by Gasteiger charge is 2.17. The van der Waals surface area contributed by atoms with Crippen molar-refractivity contribution in [2.45, 2.75) is 92.7 Å². The summed E-state index contributed by atoms with van der Waals surface area (Å²) in [5.74, 6) is 2.28. The van der Waals surface area contributed by atoms with Crippen LogP contribution in [0.3, 0.4) is 0 Å². The monoisotopic (exact) mass is 295 g/mol. The van der Waals surface area contributed by atoms with Crippen LogP contribution >= 0.6 is 0 Å². The van der Waals surface area contributed by atoms with Crippen molar-refractivity contribution in [3.05, 3.63) is 12.2 Å². The van der Waals surface area contributed by atoms with Gasteiger partial charge in [-0.2, -0.15) is 0 Å². The Morgan fingerprint density at radius 1 is 0.857 bits per heavy atom. The average Bonchev–Trinajstić information content (AvgIpc) is 2.44. The molecule has 0 rings (SSSR count). The largest absolute Gasteiger partial charge is 0.297 e. The zero-order valence-electron chi connectivity index (χ0n) is 16.0. The highest BCUT2D eigenvalue weighted by molar-refractivity contribution is 4.97. The first-order chi connectivity index (χ1) is 9.83. The maximum absolute atomic E-state index is 2.57. The lowest BCUT2D eigenvalue weighted by Gasteiger charge is -2.32. The Balaban J connectivity index is 4.38. The van der Waals surface area contributed by atoms with Crippen LogP contribution in [0.1, 0.15) is 80.6 Å². The Morgan fingerprint density at radius 3 is 1.95 bits per heavy atom. The van der Waals surface area contributed by atoms with Gasteiger partial charge in [-0.3, -0.25) is 4.90 Å². The van der Waals surface area contributed by atoms with E-state index in [1.165, 1.54) is 32.1 Å². The molecule has 0 aliphatic heterocycles. The minimum Gasteiger partial charge on any atom is -0.297 e. The maximum Gasteiger partial charge on any atom is 0.0275 e. The second kappa shape index (κ2) is 11.3.